The van der Waals surface area contributed by atoms with Crippen molar-refractivity contribution in [1.82, 2.24) is 18.3 Å². The van der Waals surface area contributed by atoms with Gasteiger partial charge < -0.3 is 18.3 Å². The van der Waals surface area contributed by atoms with Crippen LogP contribution in [-0.4, -0.2) is 18.3 Å². The molecule has 0 aliphatic carbocycles. The zero-order valence-corrected chi connectivity index (χ0v) is 61.0. The van der Waals surface area contributed by atoms with E-state index in [-0.39, 0.29) is 116 Å². The summed E-state index contributed by atoms with van der Waals surface area (Å²) in [4.78, 5) is 0. The molecular formula is C114H76N4. The molecule has 0 fully saturated rings. The molecule has 4 heterocycles. The van der Waals surface area contributed by atoms with Gasteiger partial charge in [0.05, 0.1) is 127 Å². The lowest BCUT2D eigenvalue weighted by Gasteiger charge is -2.21. The maximum atomic E-state index is 9.44. The highest BCUT2D eigenvalue weighted by Crippen LogP contribution is 2.50. The first kappa shape index (κ1) is 35.8. The highest BCUT2D eigenvalue weighted by molar-refractivity contribution is 6.19. The summed E-state index contributed by atoms with van der Waals surface area (Å²) in [6.07, 6.45) is 0. The van der Waals surface area contributed by atoms with Gasteiger partial charge in [-0.15, -0.1) is 0 Å². The van der Waals surface area contributed by atoms with E-state index in [2.05, 4.69) is 0 Å². The van der Waals surface area contributed by atoms with Crippen molar-refractivity contribution >= 4 is 87.2 Å². The maximum absolute atomic E-state index is 9.44. The molecule has 23 aromatic rings. The number of aromatic nitrogens is 4. The van der Waals surface area contributed by atoms with E-state index in [9.17, 15) is 13.7 Å². The smallest absolute Gasteiger partial charge is 0.0645 e. The van der Waals surface area contributed by atoms with Gasteiger partial charge in [0, 0.05) is 71.0 Å². The predicted octanol–water partition coefficient (Wildman–Crippen LogP) is 30.8. The van der Waals surface area contributed by atoms with Crippen LogP contribution >= 0.6 is 0 Å². The molecule has 0 amide bonds. The molecule has 118 heavy (non-hydrogen) atoms. The fraction of sp³-hybridized carbons (Fsp3) is 0. The second-order valence-electron chi connectivity index (χ2n) is 27.0. The first-order valence-electron chi connectivity index (χ1n) is 60.7. The van der Waals surface area contributed by atoms with Crippen molar-refractivity contribution < 1.29 is 65.8 Å². The van der Waals surface area contributed by atoms with Crippen LogP contribution in [0.15, 0.2) is 460 Å². The minimum atomic E-state index is -0.801. The highest BCUT2D eigenvalue weighted by Gasteiger charge is 2.28. The van der Waals surface area contributed by atoms with Gasteiger partial charge in [0.15, 0.2) is 0 Å². The minimum Gasteiger partial charge on any atom is -0.309 e. The molecule has 4 heteroatoms. The molecule has 0 atom stereocenters. The van der Waals surface area contributed by atoms with Crippen LogP contribution < -0.4 is 0 Å². The Morgan fingerprint density at radius 2 is 0.492 bits per heavy atom. The van der Waals surface area contributed by atoms with Gasteiger partial charge in [-0.3, -0.25) is 0 Å². The van der Waals surface area contributed by atoms with E-state index in [0.29, 0.717) is 60.2 Å². The highest BCUT2D eigenvalue weighted by atomic mass is 15.0. The molecular weight excluding hydrogens is 1430 g/mol. The van der Waals surface area contributed by atoms with Crippen molar-refractivity contribution in [1.29, 1.82) is 0 Å². The largest absolute Gasteiger partial charge is 0.309 e. The van der Waals surface area contributed by atoms with Crippen molar-refractivity contribution in [2.24, 2.45) is 0 Å². The Kier molecular flexibility index (Phi) is 8.93. The van der Waals surface area contributed by atoms with Crippen LogP contribution in [0.1, 0.15) is 65.8 Å². The lowest BCUT2D eigenvalue weighted by atomic mass is 9.87. The number of hydrogen-bond donors (Lipinski definition) is 0. The third-order valence-electron chi connectivity index (χ3n) is 20.7. The first-order valence-corrected chi connectivity index (χ1v) is 36.7. The average Bonchev–Trinajstić information content (AvgIpc) is 1.52. The molecule has 0 unspecified atom stereocenters. The van der Waals surface area contributed by atoms with Crippen molar-refractivity contribution in [3.63, 3.8) is 0 Å². The summed E-state index contributed by atoms with van der Waals surface area (Å²) in [5.74, 6) is 0. The van der Waals surface area contributed by atoms with Crippen molar-refractivity contribution in [3.8, 4) is 123 Å². The molecule has 23 rings (SSSR count). The van der Waals surface area contributed by atoms with Crippen molar-refractivity contribution in [2.75, 3.05) is 0 Å². The predicted molar refractivity (Wildman–Crippen MR) is 499 cm³/mol. The Hall–Kier alpha value is -15.6. The molecule has 552 valence electrons. The van der Waals surface area contributed by atoms with Crippen LogP contribution in [0, 0.1) is 0 Å². The Labute approximate surface area is 752 Å². The van der Waals surface area contributed by atoms with Gasteiger partial charge in [0.25, 0.3) is 0 Å². The molecule has 4 nitrogen and oxygen atoms in total. The van der Waals surface area contributed by atoms with E-state index in [0.717, 1.165) is 0 Å². The quantitative estimate of drug-likeness (QED) is 0.110. The summed E-state index contributed by atoms with van der Waals surface area (Å²) in [5.41, 5.74) is -1.19. The molecule has 0 bridgehead atoms. The van der Waals surface area contributed by atoms with Crippen molar-refractivity contribution in [2.45, 2.75) is 0 Å². The summed E-state index contributed by atoms with van der Waals surface area (Å²) in [5, 5.41) is 2.61. The van der Waals surface area contributed by atoms with Crippen LogP contribution in [0.25, 0.3) is 210 Å². The first-order chi connectivity index (χ1) is 78.5. The van der Waals surface area contributed by atoms with Crippen LogP contribution in [-0.2, 0) is 0 Å². The van der Waals surface area contributed by atoms with E-state index in [4.69, 9.17) is 52.1 Å². The van der Waals surface area contributed by atoms with Gasteiger partial charge >= 0.3 is 0 Å². The van der Waals surface area contributed by atoms with Gasteiger partial charge in [-0.1, -0.05) is 363 Å². The fourth-order valence-corrected chi connectivity index (χ4v) is 16.0. The van der Waals surface area contributed by atoms with E-state index < -0.39 is 323 Å². The SMILES string of the molecule is [2H]c1c([2H])c([2H])c(-c2cc(-c3c([2H])c([2H])c([2H])c([2H])c3[2H])c(-n3c4ccccc4c4c(-n5c6c([2H])c([2H])c([2H])c([2H])c6c6c([2H])c([2H])c([2H])c([2H])c65)cccc43)c(-c3c([2H])c([2H])c([2H])c([2H])c3[2H])c2)c([2H])c1[2H].[2H]c1c([2H])c([2H])c(-c2cc(-c3c([2H])c([2H])c([2H])c([2H])c3[2H])c(-n3c4ccccc4c4cc(-n5c6ccccc6c6cc(-c7c(-c8c([2H])c([2H])c([2H])c([2H])c8[2H])cccc7-c7c([2H])c([2H])c([2H])c([2H])c7[2H])ccc65)ccc43)c(-c3c([2H])c([2H])c([2H])c([2H])c3[2H])c2)c([2H])c1[2H]. The standard InChI is InChI=1S/C66H44N2.C48H32N2/c1-6-21-45(22-7-1)51-42-57(48-27-12-4-13-28-48)66(58(43-51)49-29-14-5-15-30-49)68-62-36-19-17-32-56(62)60-44-52(38-40-64(60)68)67-61-35-18-16-31-55(61)59-41-50(37-39-63(59)67)65-53(46-23-8-2-9-24-46)33-20-34-54(65)47-25-10-3-11-26-47;1-4-17-33(18-5-1)36-31-40(34-19-6-2-7-20-34)48(41(32-36)35-21-8-3-9-22-35)50-44-28-15-12-25-39(44)47-45(29-16-30-46(47)50)49-42-26-13-10-23-37(42)38-24-11-14-27-43(38)49/h1-44H;1-32H/i1D,2D,3D,4D,5D,6D,7D,8D,9D,10D,11D,12D,13D,14D,15D,21D,22D,23D,24D,25D,26D,27D,28D,29D,30D;1D,2D,3D,4D,5D,6D,7D,8D,9D,10D,11D,13D,14D,17D,18D,19D,20D,21D,22D,23D,24D,26D,27D. The number of nitrogens with zero attached hydrogens (tertiary/aromatic N) is 4. The zero-order chi connectivity index (χ0) is 120. The minimum absolute atomic E-state index is 0.0709. The summed E-state index contributed by atoms with van der Waals surface area (Å²) in [6, 6.07) is 12.9. The third-order valence-corrected chi connectivity index (χ3v) is 20.7. The Morgan fingerprint density at radius 1 is 0.169 bits per heavy atom. The molecule has 0 radical (unpaired) electrons. The third kappa shape index (κ3) is 11.8. The molecule has 0 saturated carbocycles. The van der Waals surface area contributed by atoms with Gasteiger partial charge in [-0.2, -0.15) is 0 Å². The monoisotopic (exact) mass is 1550 g/mol. The second kappa shape index (κ2) is 29.4. The molecule has 0 aliphatic rings. The topological polar surface area (TPSA) is 19.7 Å². The van der Waals surface area contributed by atoms with Gasteiger partial charge in [-0.25, -0.2) is 0 Å². The number of para-hydroxylation sites is 5. The number of benzene rings is 19. The lowest BCUT2D eigenvalue weighted by Crippen LogP contribution is -2.02. The number of rotatable bonds is 13. The van der Waals surface area contributed by atoms with Gasteiger partial charge in [0.1, 0.15) is 0 Å². The lowest BCUT2D eigenvalue weighted by molar-refractivity contribution is 1.17. The zero-order valence-electron chi connectivity index (χ0n) is 109. The van der Waals surface area contributed by atoms with Crippen molar-refractivity contribution in [3.05, 3.63) is 460 Å². The summed E-state index contributed by atoms with van der Waals surface area (Å²) >= 11 is 0. The van der Waals surface area contributed by atoms with Gasteiger partial charge in [0.2, 0.25) is 0 Å². The molecule has 19 aromatic carbocycles. The number of fused-ring (bicyclic) bond motifs is 12. The molecule has 0 saturated heterocycles. The van der Waals surface area contributed by atoms with Crippen LogP contribution in [0.2, 0.25) is 0 Å². The normalized spacial score (nSPS) is 17.3. The van der Waals surface area contributed by atoms with E-state index >= 15 is 0 Å². The van der Waals surface area contributed by atoms with E-state index in [1.165, 1.54) is 45.5 Å². The summed E-state index contributed by atoms with van der Waals surface area (Å²) in [7, 11) is 0. The molecule has 0 spiro atoms. The average molecular weight is 1550 g/mol. The Bertz CT molecular complexity index is 10300. The maximum Gasteiger partial charge on any atom is 0.0645 e. The molecule has 0 N–H and O–H groups in total. The van der Waals surface area contributed by atoms with E-state index in [1.54, 1.807) is 95.6 Å². The summed E-state index contributed by atoms with van der Waals surface area (Å²) < 4.78 is 433. The summed E-state index contributed by atoms with van der Waals surface area (Å²) in [6.45, 7) is 0. The van der Waals surface area contributed by atoms with E-state index in [1.807, 2.05) is 47.0 Å². The molecule has 4 aromatic heterocycles. The van der Waals surface area contributed by atoms with Crippen LogP contribution in [0.5, 0.6) is 0 Å². The van der Waals surface area contributed by atoms with Crippen LogP contribution in [0.3, 0.4) is 0 Å². The number of hydrogen-bond acceptors (Lipinski definition) is 0. The van der Waals surface area contributed by atoms with Crippen LogP contribution in [0.4, 0.5) is 0 Å². The van der Waals surface area contributed by atoms with Gasteiger partial charge in [-0.05, 0) is 175 Å². The fourth-order valence-electron chi connectivity index (χ4n) is 16.0. The second-order valence-corrected chi connectivity index (χ2v) is 27.0. The Morgan fingerprint density at radius 3 is 0.941 bits per heavy atom. The Balaban J connectivity index is 0.000000189. The molecule has 0 aliphatic heterocycles.